The van der Waals surface area contributed by atoms with Crippen molar-refractivity contribution >= 4 is 17.0 Å². The number of hydrogen-bond donors (Lipinski definition) is 1. The fourth-order valence-corrected chi connectivity index (χ4v) is 4.56. The van der Waals surface area contributed by atoms with Crippen LogP contribution in [0.15, 0.2) is 102 Å². The van der Waals surface area contributed by atoms with Crippen molar-refractivity contribution in [3.05, 3.63) is 114 Å². The number of phenolic OH excluding ortho intramolecular Hbond substituents is 1. The lowest BCUT2D eigenvalue weighted by Crippen LogP contribution is -2.33. The van der Waals surface area contributed by atoms with Gasteiger partial charge in [-0.05, 0) is 77.0 Å². The zero-order chi connectivity index (χ0) is 30.3. The molecule has 2 aromatic rings. The first-order chi connectivity index (χ1) is 18.7. The zero-order valence-electron chi connectivity index (χ0n) is 26.6. The van der Waals surface area contributed by atoms with Gasteiger partial charge in [-0.3, -0.25) is 4.99 Å². The largest absolute Gasteiger partial charge is 0.507 e. The Bertz CT molecular complexity index is 1310. The summed E-state index contributed by atoms with van der Waals surface area (Å²) in [6, 6.07) is 16.4. The van der Waals surface area contributed by atoms with Gasteiger partial charge in [0.2, 0.25) is 0 Å². The normalized spacial score (nSPS) is 15.6. The molecule has 2 rings (SSSR count). The van der Waals surface area contributed by atoms with Crippen LogP contribution < -0.4 is 0 Å². The smallest absolute Gasteiger partial charge is 0.125 e. The molecule has 1 N–H and O–H groups in total. The van der Waals surface area contributed by atoms with Gasteiger partial charge in [0.05, 0.1) is 11.4 Å². The Morgan fingerprint density at radius 2 is 1.65 bits per heavy atom. The molecular formula is C38H51NO. The van der Waals surface area contributed by atoms with Crippen LogP contribution in [-0.4, -0.2) is 10.8 Å². The van der Waals surface area contributed by atoms with Crippen LogP contribution in [0, 0.1) is 17.3 Å². The van der Waals surface area contributed by atoms with E-state index in [4.69, 9.17) is 4.99 Å². The maximum absolute atomic E-state index is 11.6. The molecule has 2 unspecified atom stereocenters. The van der Waals surface area contributed by atoms with Crippen molar-refractivity contribution < 1.29 is 5.11 Å². The molecule has 40 heavy (non-hydrogen) atoms. The lowest BCUT2D eigenvalue weighted by atomic mass is 9.65. The zero-order valence-corrected chi connectivity index (χ0v) is 26.6. The van der Waals surface area contributed by atoms with E-state index >= 15 is 0 Å². The van der Waals surface area contributed by atoms with E-state index in [1.807, 2.05) is 43.3 Å². The van der Waals surface area contributed by atoms with Gasteiger partial charge in [-0.15, -0.1) is 0 Å². The van der Waals surface area contributed by atoms with Crippen LogP contribution in [0.25, 0.3) is 11.3 Å². The summed E-state index contributed by atoms with van der Waals surface area (Å²) in [6.07, 6.45) is 8.84. The van der Waals surface area contributed by atoms with E-state index in [-0.39, 0.29) is 28.4 Å². The molecule has 0 saturated heterocycles. The van der Waals surface area contributed by atoms with E-state index in [1.54, 1.807) is 6.08 Å². The van der Waals surface area contributed by atoms with Gasteiger partial charge in [0.25, 0.3) is 0 Å². The Hall–Kier alpha value is -3.39. The summed E-state index contributed by atoms with van der Waals surface area (Å²) < 4.78 is 0. The van der Waals surface area contributed by atoms with Crippen LogP contribution in [0.2, 0.25) is 0 Å². The van der Waals surface area contributed by atoms with Crippen LogP contribution in [0.1, 0.15) is 92.3 Å². The molecule has 0 saturated carbocycles. The van der Waals surface area contributed by atoms with Crippen LogP contribution in [0.4, 0.5) is 0 Å². The highest BCUT2D eigenvalue weighted by Crippen LogP contribution is 2.44. The number of aliphatic imine (C=N–C) groups is 1. The highest BCUT2D eigenvalue weighted by atomic mass is 16.3. The van der Waals surface area contributed by atoms with Gasteiger partial charge in [-0.1, -0.05) is 129 Å². The van der Waals surface area contributed by atoms with Gasteiger partial charge < -0.3 is 5.11 Å². The van der Waals surface area contributed by atoms with Crippen molar-refractivity contribution in [3.8, 4) is 5.75 Å². The molecule has 0 spiro atoms. The summed E-state index contributed by atoms with van der Waals surface area (Å²) in [5.41, 5.74) is 7.78. The highest BCUT2D eigenvalue weighted by Gasteiger charge is 2.35. The predicted molar refractivity (Wildman–Crippen MR) is 178 cm³/mol. The minimum Gasteiger partial charge on any atom is -0.507 e. The standard InChI is InChI=1S/C38H51NO/c1-13-16-20-30(15-3)35(26(4)14-2)39-36(29(7)27(5)28(6)31-21-18-17-19-22-31)33-24-23-32(25-34(33)40)38(11,12)37(8,9)10/h13,15-27,40H,1,6,14H2,2-5,7-12H3/b20-16-,30-15+,36-29-,39-35-. The van der Waals surface area contributed by atoms with E-state index in [0.717, 1.165) is 51.2 Å². The summed E-state index contributed by atoms with van der Waals surface area (Å²) in [4.78, 5) is 5.38. The third-order valence-electron chi connectivity index (χ3n) is 8.87. The number of allylic oxidation sites excluding steroid dienone is 7. The van der Waals surface area contributed by atoms with Gasteiger partial charge >= 0.3 is 0 Å². The number of rotatable bonds is 11. The average Bonchev–Trinajstić information content (AvgIpc) is 2.93. The molecule has 0 radical (unpaired) electrons. The number of nitrogens with zero attached hydrogens (tertiary/aromatic N) is 1. The molecule has 214 valence electrons. The Morgan fingerprint density at radius 3 is 2.15 bits per heavy atom. The second-order valence-electron chi connectivity index (χ2n) is 12.4. The second-order valence-corrected chi connectivity index (χ2v) is 12.4. The number of benzene rings is 2. The topological polar surface area (TPSA) is 32.6 Å². The van der Waals surface area contributed by atoms with Gasteiger partial charge in [0.1, 0.15) is 5.75 Å². The third-order valence-corrected chi connectivity index (χ3v) is 8.87. The summed E-state index contributed by atoms with van der Waals surface area (Å²) in [5, 5.41) is 11.6. The minimum atomic E-state index is -0.129. The van der Waals surface area contributed by atoms with Crippen molar-refractivity contribution in [2.75, 3.05) is 0 Å². The quantitative estimate of drug-likeness (QED) is 0.224. The first-order valence-corrected chi connectivity index (χ1v) is 14.5. The number of aromatic hydroxyl groups is 1. The molecule has 2 heteroatoms. The molecule has 0 aromatic heterocycles. The molecule has 0 heterocycles. The molecule has 0 aliphatic heterocycles. The molecule has 0 amide bonds. The summed E-state index contributed by atoms with van der Waals surface area (Å²) in [5.74, 6) is 0.483. The first-order valence-electron chi connectivity index (χ1n) is 14.5. The SMILES string of the molecule is C=C\C=C/C(=C\C)C(=N\C(=C(\C)C(C)C(=C)c1ccccc1)c1ccc(C(C)(C)C(C)(C)C)cc1O)/C(C)CC. The van der Waals surface area contributed by atoms with Gasteiger partial charge in [-0.25, -0.2) is 0 Å². The fourth-order valence-electron chi connectivity index (χ4n) is 4.56. The second kappa shape index (κ2) is 13.8. The molecule has 2 aromatic carbocycles. The highest BCUT2D eigenvalue weighted by molar-refractivity contribution is 6.06. The molecular weight excluding hydrogens is 486 g/mol. The van der Waals surface area contributed by atoms with Crippen molar-refractivity contribution in [2.24, 2.45) is 22.2 Å². The molecule has 0 fully saturated rings. The lowest BCUT2D eigenvalue weighted by molar-refractivity contribution is 0.225. The van der Waals surface area contributed by atoms with E-state index in [2.05, 4.69) is 106 Å². The maximum Gasteiger partial charge on any atom is 0.125 e. The molecule has 2 atom stereocenters. The first kappa shape index (κ1) is 32.8. The third kappa shape index (κ3) is 7.42. The van der Waals surface area contributed by atoms with Gasteiger partial charge in [0.15, 0.2) is 0 Å². The van der Waals surface area contributed by atoms with Crippen molar-refractivity contribution in [1.29, 1.82) is 0 Å². The van der Waals surface area contributed by atoms with Crippen LogP contribution in [0.3, 0.4) is 0 Å². The number of hydrogen-bond acceptors (Lipinski definition) is 2. The molecule has 2 nitrogen and oxygen atoms in total. The van der Waals surface area contributed by atoms with E-state index in [9.17, 15) is 5.11 Å². The summed E-state index contributed by atoms with van der Waals surface area (Å²) >= 11 is 0. The van der Waals surface area contributed by atoms with Crippen LogP contribution in [0.5, 0.6) is 5.75 Å². The predicted octanol–water partition coefficient (Wildman–Crippen LogP) is 11.0. The van der Waals surface area contributed by atoms with E-state index < -0.39 is 0 Å². The maximum atomic E-state index is 11.6. The van der Waals surface area contributed by atoms with Crippen molar-refractivity contribution in [2.45, 2.75) is 81.1 Å². The Balaban J connectivity index is 2.88. The van der Waals surface area contributed by atoms with Crippen molar-refractivity contribution in [3.63, 3.8) is 0 Å². The van der Waals surface area contributed by atoms with Crippen molar-refractivity contribution in [1.82, 2.24) is 0 Å². The Morgan fingerprint density at radius 1 is 1.02 bits per heavy atom. The van der Waals surface area contributed by atoms with Crippen LogP contribution >= 0.6 is 0 Å². The molecule has 0 bridgehead atoms. The van der Waals surface area contributed by atoms with Gasteiger partial charge in [-0.2, -0.15) is 0 Å². The monoisotopic (exact) mass is 537 g/mol. The lowest BCUT2D eigenvalue weighted by Gasteiger charge is -2.39. The molecule has 0 aliphatic rings. The van der Waals surface area contributed by atoms with E-state index in [0.29, 0.717) is 0 Å². The summed E-state index contributed by atoms with van der Waals surface area (Å²) in [6.45, 7) is 30.2. The van der Waals surface area contributed by atoms with Gasteiger partial charge in [0, 0.05) is 11.5 Å². The molecule has 0 aliphatic carbocycles. The Kier molecular flexibility index (Phi) is 11.3. The summed E-state index contributed by atoms with van der Waals surface area (Å²) in [7, 11) is 0. The Labute approximate surface area is 244 Å². The minimum absolute atomic E-state index is 0.0159. The average molecular weight is 538 g/mol. The number of phenols is 1. The van der Waals surface area contributed by atoms with E-state index in [1.165, 1.54) is 0 Å². The van der Waals surface area contributed by atoms with Crippen LogP contribution in [-0.2, 0) is 5.41 Å². The fraction of sp³-hybridized carbons (Fsp3) is 0.395.